The van der Waals surface area contributed by atoms with Crippen molar-refractivity contribution in [2.24, 2.45) is 0 Å². The largest absolute Gasteiger partial charge is 0.439 e. The van der Waals surface area contributed by atoms with Gasteiger partial charge in [0.1, 0.15) is 11.6 Å². The van der Waals surface area contributed by atoms with Crippen LogP contribution in [0.3, 0.4) is 0 Å². The Labute approximate surface area is 251 Å². The van der Waals surface area contributed by atoms with Crippen molar-refractivity contribution in [3.05, 3.63) is 102 Å². The fraction of sp³-hybridized carbons (Fsp3) is 0.281. The lowest BCUT2D eigenvalue weighted by molar-refractivity contribution is 0.199. The van der Waals surface area contributed by atoms with E-state index in [4.69, 9.17) is 4.74 Å². The molecule has 0 unspecified atom stereocenters. The molecule has 0 radical (unpaired) electrons. The van der Waals surface area contributed by atoms with Gasteiger partial charge in [-0.3, -0.25) is 14.8 Å². The van der Waals surface area contributed by atoms with Gasteiger partial charge in [-0.1, -0.05) is 19.1 Å². The summed E-state index contributed by atoms with van der Waals surface area (Å²) in [6, 6.07) is 19.3. The molecular formula is C32H34FN5O4S. The molecule has 43 heavy (non-hydrogen) atoms. The number of ether oxygens (including phenoxy) is 1. The number of rotatable bonds is 9. The summed E-state index contributed by atoms with van der Waals surface area (Å²) in [6.45, 7) is 5.67. The first kappa shape index (κ1) is 30.1. The molecule has 9 nitrogen and oxygen atoms in total. The Morgan fingerprint density at radius 1 is 1.02 bits per heavy atom. The molecule has 2 aromatic carbocycles. The van der Waals surface area contributed by atoms with Gasteiger partial charge in [-0.2, -0.15) is 0 Å². The number of hydrogen-bond donors (Lipinski definition) is 1. The Morgan fingerprint density at radius 2 is 1.79 bits per heavy atom. The van der Waals surface area contributed by atoms with Crippen LogP contribution in [-0.2, 0) is 16.4 Å². The molecule has 2 aromatic heterocycles. The van der Waals surface area contributed by atoms with E-state index in [1.165, 1.54) is 24.3 Å². The minimum absolute atomic E-state index is 0.0421. The van der Waals surface area contributed by atoms with Crippen molar-refractivity contribution in [2.75, 3.05) is 29.1 Å². The fourth-order valence-corrected chi connectivity index (χ4v) is 5.89. The highest BCUT2D eigenvalue weighted by molar-refractivity contribution is 7.91. The van der Waals surface area contributed by atoms with Gasteiger partial charge in [0, 0.05) is 49.3 Å². The van der Waals surface area contributed by atoms with Gasteiger partial charge in [0.25, 0.3) is 0 Å². The molecule has 1 N–H and O–H groups in total. The lowest BCUT2D eigenvalue weighted by Gasteiger charge is -2.38. The third-order valence-corrected chi connectivity index (χ3v) is 9.13. The number of halogens is 1. The SMILES string of the molecule is CCS(=O)(=O)c1ccc(Oc2ccc(CN3CCC(N(C(=O)Nc4ccc(C)nc4)c4cccc(F)c4)CC3)cn2)cc1. The van der Waals surface area contributed by atoms with E-state index in [-0.39, 0.29) is 22.7 Å². The van der Waals surface area contributed by atoms with Crippen LogP contribution in [0.4, 0.5) is 20.6 Å². The number of nitrogens with one attached hydrogen (secondary N) is 1. The minimum atomic E-state index is -3.27. The second kappa shape index (κ2) is 13.3. The lowest BCUT2D eigenvalue weighted by Crippen LogP contribution is -2.49. The van der Waals surface area contributed by atoms with Crippen molar-refractivity contribution in [3.63, 3.8) is 0 Å². The molecule has 5 rings (SSSR count). The first-order valence-corrected chi connectivity index (χ1v) is 15.8. The number of carbonyl (C=O) groups excluding carboxylic acids is 1. The van der Waals surface area contributed by atoms with Gasteiger partial charge in [0.15, 0.2) is 9.84 Å². The van der Waals surface area contributed by atoms with Crippen LogP contribution in [0.2, 0.25) is 0 Å². The summed E-state index contributed by atoms with van der Waals surface area (Å²) in [7, 11) is -3.27. The Morgan fingerprint density at radius 3 is 2.42 bits per heavy atom. The lowest BCUT2D eigenvalue weighted by atomic mass is 10.0. The number of urea groups is 1. The molecular weight excluding hydrogens is 569 g/mol. The monoisotopic (exact) mass is 603 g/mol. The summed E-state index contributed by atoms with van der Waals surface area (Å²) < 4.78 is 44.0. The number of sulfone groups is 1. The van der Waals surface area contributed by atoms with Gasteiger partial charge in [-0.05, 0) is 79.9 Å². The molecule has 1 aliphatic heterocycles. The minimum Gasteiger partial charge on any atom is -0.439 e. The van der Waals surface area contributed by atoms with Crippen LogP contribution >= 0.6 is 0 Å². The Hall–Kier alpha value is -4.35. The number of aromatic nitrogens is 2. The predicted molar refractivity (Wildman–Crippen MR) is 164 cm³/mol. The van der Waals surface area contributed by atoms with Gasteiger partial charge >= 0.3 is 6.03 Å². The van der Waals surface area contributed by atoms with Gasteiger partial charge in [-0.25, -0.2) is 22.6 Å². The topological polar surface area (TPSA) is 105 Å². The number of piperidine rings is 1. The predicted octanol–water partition coefficient (Wildman–Crippen LogP) is 6.21. The molecule has 0 atom stereocenters. The maximum Gasteiger partial charge on any atom is 0.326 e. The molecule has 2 amide bonds. The number of carbonyl (C=O) groups is 1. The van der Waals surface area contributed by atoms with Crippen LogP contribution in [0.1, 0.15) is 31.0 Å². The zero-order valence-corrected chi connectivity index (χ0v) is 24.9. The number of likely N-dealkylation sites (tertiary alicyclic amines) is 1. The number of nitrogens with zero attached hydrogens (tertiary/aromatic N) is 4. The Balaban J connectivity index is 1.19. The van der Waals surface area contributed by atoms with Gasteiger partial charge in [0.05, 0.1) is 22.5 Å². The molecule has 3 heterocycles. The molecule has 4 aromatic rings. The van der Waals surface area contributed by atoms with E-state index < -0.39 is 15.7 Å². The maximum atomic E-state index is 14.1. The van der Waals surface area contributed by atoms with Crippen molar-refractivity contribution in [1.82, 2.24) is 14.9 Å². The van der Waals surface area contributed by atoms with E-state index in [9.17, 15) is 17.6 Å². The summed E-state index contributed by atoms with van der Waals surface area (Å²) in [5, 5.41) is 2.91. The van der Waals surface area contributed by atoms with Crippen molar-refractivity contribution in [2.45, 2.75) is 44.2 Å². The smallest absolute Gasteiger partial charge is 0.326 e. The summed E-state index contributed by atoms with van der Waals surface area (Å²) in [5.74, 6) is 0.559. The molecule has 0 spiro atoms. The van der Waals surface area contributed by atoms with Gasteiger partial charge in [0.2, 0.25) is 5.88 Å². The number of amides is 2. The highest BCUT2D eigenvalue weighted by atomic mass is 32.2. The third-order valence-electron chi connectivity index (χ3n) is 7.38. The van der Waals surface area contributed by atoms with E-state index in [2.05, 4.69) is 20.2 Å². The van der Waals surface area contributed by atoms with E-state index in [1.807, 2.05) is 19.1 Å². The highest BCUT2D eigenvalue weighted by Crippen LogP contribution is 2.27. The molecule has 1 saturated heterocycles. The summed E-state index contributed by atoms with van der Waals surface area (Å²) in [4.78, 5) is 26.3. The van der Waals surface area contributed by atoms with Crippen LogP contribution in [-0.4, -0.2) is 54.2 Å². The second-order valence-corrected chi connectivity index (χ2v) is 12.7. The van der Waals surface area contributed by atoms with Crippen LogP contribution in [0.5, 0.6) is 11.6 Å². The number of pyridine rings is 2. The fourth-order valence-electron chi connectivity index (χ4n) is 5.01. The molecule has 0 bridgehead atoms. The molecule has 1 fully saturated rings. The van der Waals surface area contributed by atoms with E-state index >= 15 is 0 Å². The number of hydrogen-bond acceptors (Lipinski definition) is 7. The van der Waals surface area contributed by atoms with Crippen molar-refractivity contribution in [3.8, 4) is 11.6 Å². The Kier molecular flexibility index (Phi) is 9.32. The van der Waals surface area contributed by atoms with E-state index in [0.29, 0.717) is 42.4 Å². The molecule has 0 aliphatic carbocycles. The highest BCUT2D eigenvalue weighted by Gasteiger charge is 2.30. The third kappa shape index (κ3) is 7.74. The number of aryl methyl sites for hydroxylation is 1. The van der Waals surface area contributed by atoms with Gasteiger partial charge < -0.3 is 10.1 Å². The van der Waals surface area contributed by atoms with Gasteiger partial charge in [-0.15, -0.1) is 0 Å². The number of anilines is 2. The standard InChI is InChI=1S/C32H34FN5O4S/c1-3-43(40,41)30-12-10-29(11-13-30)42-31-14-8-24(20-35-31)22-37-17-15-27(16-18-37)38(28-6-4-5-25(33)19-28)32(39)36-26-9-7-23(2)34-21-26/h4-14,19-21,27H,3,15-18,22H2,1-2H3,(H,36,39). The van der Waals surface area contributed by atoms with Crippen LogP contribution < -0.4 is 15.0 Å². The molecule has 1 aliphatic rings. The summed E-state index contributed by atoms with van der Waals surface area (Å²) in [6.07, 6.45) is 4.81. The zero-order valence-electron chi connectivity index (χ0n) is 24.1. The normalized spacial score (nSPS) is 14.3. The molecule has 224 valence electrons. The Bertz CT molecular complexity index is 1640. The van der Waals surface area contributed by atoms with Crippen LogP contribution in [0, 0.1) is 12.7 Å². The summed E-state index contributed by atoms with van der Waals surface area (Å²) >= 11 is 0. The summed E-state index contributed by atoms with van der Waals surface area (Å²) in [5.41, 5.74) is 2.95. The average Bonchev–Trinajstić information content (AvgIpc) is 3.01. The molecule has 0 saturated carbocycles. The molecule has 11 heteroatoms. The van der Waals surface area contributed by atoms with Crippen molar-refractivity contribution in [1.29, 1.82) is 0 Å². The number of benzene rings is 2. The van der Waals surface area contributed by atoms with Crippen molar-refractivity contribution < 1.29 is 22.3 Å². The van der Waals surface area contributed by atoms with Crippen LogP contribution in [0.15, 0.2) is 90.1 Å². The van der Waals surface area contributed by atoms with E-state index in [1.54, 1.807) is 60.6 Å². The quantitative estimate of drug-likeness (QED) is 0.242. The first-order chi connectivity index (χ1) is 20.7. The zero-order chi connectivity index (χ0) is 30.4. The average molecular weight is 604 g/mol. The second-order valence-electron chi connectivity index (χ2n) is 10.5. The van der Waals surface area contributed by atoms with Crippen LogP contribution in [0.25, 0.3) is 0 Å². The maximum absolute atomic E-state index is 14.1. The first-order valence-electron chi connectivity index (χ1n) is 14.2. The van der Waals surface area contributed by atoms with Crippen molar-refractivity contribution >= 4 is 27.2 Å². The van der Waals surface area contributed by atoms with E-state index in [0.717, 1.165) is 24.3 Å².